The van der Waals surface area contributed by atoms with Gasteiger partial charge in [-0.1, -0.05) is 18.2 Å². The van der Waals surface area contributed by atoms with Crippen molar-refractivity contribution in [2.75, 3.05) is 5.32 Å². The van der Waals surface area contributed by atoms with Crippen molar-refractivity contribution in [2.24, 2.45) is 0 Å². The van der Waals surface area contributed by atoms with Crippen molar-refractivity contribution >= 4 is 5.69 Å². The number of benzene rings is 2. The Morgan fingerprint density at radius 1 is 1.03 bits per heavy atom. The lowest BCUT2D eigenvalue weighted by Crippen LogP contribution is -2.18. The molecule has 0 radical (unpaired) electrons. The Balaban J connectivity index is 1.59. The number of aromatic amines is 1. The molecular weight excluding hydrogens is 379 g/mol. The quantitative estimate of drug-likeness (QED) is 0.536. The lowest BCUT2D eigenvalue weighted by Gasteiger charge is -2.23. The second-order valence-corrected chi connectivity index (χ2v) is 7.24. The molecule has 0 aliphatic heterocycles. The molecule has 0 saturated heterocycles. The van der Waals surface area contributed by atoms with E-state index in [1.807, 2.05) is 24.3 Å². The minimum Gasteiger partial charge on any atom is -0.490 e. The Labute approximate surface area is 167 Å². The largest absolute Gasteiger partial charge is 0.490 e. The number of nitrogens with zero attached hydrogens (tertiary/aromatic N) is 1. The number of rotatable bonds is 6. The monoisotopic (exact) mass is 401 g/mol. The number of nitrogens with one attached hydrogen (secondary N) is 2. The van der Waals surface area contributed by atoms with Gasteiger partial charge in [-0.25, -0.2) is 0 Å². The summed E-state index contributed by atoms with van der Waals surface area (Å²) in [6.45, 7) is 0. The molecule has 1 unspecified atom stereocenters. The summed E-state index contributed by atoms with van der Waals surface area (Å²) in [7, 11) is 0. The maximum Gasteiger partial charge on any atom is 0.416 e. The highest BCUT2D eigenvalue weighted by Gasteiger charge is 2.35. The molecule has 4 nitrogen and oxygen atoms in total. The van der Waals surface area contributed by atoms with E-state index in [2.05, 4.69) is 15.5 Å². The number of ether oxygens (including phenoxy) is 1. The lowest BCUT2D eigenvalue weighted by molar-refractivity contribution is -0.138. The van der Waals surface area contributed by atoms with Crippen LogP contribution in [0.1, 0.15) is 48.4 Å². The van der Waals surface area contributed by atoms with E-state index in [4.69, 9.17) is 4.74 Å². The summed E-state index contributed by atoms with van der Waals surface area (Å²) in [5.74, 6) is 0.776. The molecule has 2 aromatic carbocycles. The van der Waals surface area contributed by atoms with Crippen molar-refractivity contribution in [3.05, 3.63) is 77.6 Å². The smallest absolute Gasteiger partial charge is 0.416 e. The fraction of sp³-hybridized carbons (Fsp3) is 0.318. The fourth-order valence-electron chi connectivity index (χ4n) is 3.76. The van der Waals surface area contributed by atoms with Crippen LogP contribution in [-0.4, -0.2) is 16.3 Å². The van der Waals surface area contributed by atoms with E-state index in [1.165, 1.54) is 31.2 Å². The van der Waals surface area contributed by atoms with E-state index >= 15 is 0 Å². The van der Waals surface area contributed by atoms with Gasteiger partial charge in [-0.2, -0.15) is 18.3 Å². The number of anilines is 1. The third kappa shape index (κ3) is 4.55. The van der Waals surface area contributed by atoms with Gasteiger partial charge in [-0.05, 0) is 61.6 Å². The molecule has 0 spiro atoms. The van der Waals surface area contributed by atoms with Gasteiger partial charge in [0.1, 0.15) is 5.75 Å². The second kappa shape index (κ2) is 8.19. The zero-order valence-corrected chi connectivity index (χ0v) is 15.7. The van der Waals surface area contributed by atoms with Crippen LogP contribution in [0.2, 0.25) is 0 Å². The number of hydrogen-bond donors (Lipinski definition) is 2. The van der Waals surface area contributed by atoms with Crippen molar-refractivity contribution in [1.82, 2.24) is 10.2 Å². The van der Waals surface area contributed by atoms with Gasteiger partial charge in [0.05, 0.1) is 23.9 Å². The summed E-state index contributed by atoms with van der Waals surface area (Å²) in [6.07, 6.45) is 3.45. The van der Waals surface area contributed by atoms with Gasteiger partial charge in [0, 0.05) is 17.4 Å². The predicted molar refractivity (Wildman–Crippen MR) is 105 cm³/mol. The van der Waals surface area contributed by atoms with E-state index < -0.39 is 17.8 Å². The molecule has 1 aliphatic rings. The van der Waals surface area contributed by atoms with Gasteiger partial charge in [-0.15, -0.1) is 0 Å². The molecule has 0 bridgehead atoms. The topological polar surface area (TPSA) is 49.9 Å². The molecule has 1 fully saturated rings. The third-order valence-corrected chi connectivity index (χ3v) is 5.20. The number of hydrogen-bond acceptors (Lipinski definition) is 3. The summed E-state index contributed by atoms with van der Waals surface area (Å²) in [6, 6.07) is 12.2. The highest BCUT2D eigenvalue weighted by molar-refractivity contribution is 5.52. The number of H-pyrrole nitrogens is 1. The van der Waals surface area contributed by atoms with Crippen LogP contribution in [0.3, 0.4) is 0 Å². The summed E-state index contributed by atoms with van der Waals surface area (Å²) in [5.41, 5.74) is 0.799. The first-order valence-electron chi connectivity index (χ1n) is 9.69. The van der Waals surface area contributed by atoms with Crippen LogP contribution < -0.4 is 10.1 Å². The normalized spacial score (nSPS) is 16.0. The van der Waals surface area contributed by atoms with Crippen LogP contribution in [0.4, 0.5) is 18.9 Å². The molecule has 7 heteroatoms. The highest BCUT2D eigenvalue weighted by Crippen LogP contribution is 2.38. The maximum absolute atomic E-state index is 13.6. The SMILES string of the molecule is FC(F)(F)c1ccccc1C(Nc1ccc(OC2CCCC2)cc1)c1cn[nH]c1. The first-order valence-corrected chi connectivity index (χ1v) is 9.69. The molecule has 0 amide bonds. The average Bonchev–Trinajstić information content (AvgIpc) is 3.41. The van der Waals surface area contributed by atoms with Crippen LogP contribution >= 0.6 is 0 Å². The summed E-state index contributed by atoms with van der Waals surface area (Å²) < 4.78 is 46.7. The van der Waals surface area contributed by atoms with Crippen LogP contribution in [0.15, 0.2) is 60.9 Å². The van der Waals surface area contributed by atoms with E-state index in [0.29, 0.717) is 11.3 Å². The Hall–Kier alpha value is -2.96. The summed E-state index contributed by atoms with van der Waals surface area (Å²) in [4.78, 5) is 0. The van der Waals surface area contributed by atoms with Gasteiger partial charge >= 0.3 is 6.18 Å². The predicted octanol–water partition coefficient (Wildman–Crippen LogP) is 5.95. The average molecular weight is 401 g/mol. The zero-order valence-electron chi connectivity index (χ0n) is 15.7. The van der Waals surface area contributed by atoms with Gasteiger partial charge in [0.15, 0.2) is 0 Å². The molecule has 3 aromatic rings. The fourth-order valence-corrected chi connectivity index (χ4v) is 3.76. The first-order chi connectivity index (χ1) is 14.0. The first kappa shape index (κ1) is 19.4. The Kier molecular flexibility index (Phi) is 5.47. The molecule has 1 aromatic heterocycles. The summed E-state index contributed by atoms with van der Waals surface area (Å²) >= 11 is 0. The number of aromatic nitrogens is 2. The van der Waals surface area contributed by atoms with Crippen molar-refractivity contribution < 1.29 is 17.9 Å². The minimum atomic E-state index is -4.45. The third-order valence-electron chi connectivity index (χ3n) is 5.20. The van der Waals surface area contributed by atoms with Crippen LogP contribution in [0.25, 0.3) is 0 Å². The van der Waals surface area contributed by atoms with Crippen molar-refractivity contribution in [3.63, 3.8) is 0 Å². The minimum absolute atomic E-state index is 0.146. The molecule has 2 N–H and O–H groups in total. The Morgan fingerprint density at radius 2 is 1.76 bits per heavy atom. The Morgan fingerprint density at radius 3 is 2.41 bits per heavy atom. The van der Waals surface area contributed by atoms with E-state index in [-0.39, 0.29) is 11.7 Å². The van der Waals surface area contributed by atoms with Crippen LogP contribution in [0, 0.1) is 0 Å². The van der Waals surface area contributed by atoms with E-state index in [1.54, 1.807) is 12.3 Å². The van der Waals surface area contributed by atoms with Crippen molar-refractivity contribution in [2.45, 2.75) is 44.0 Å². The molecule has 1 saturated carbocycles. The van der Waals surface area contributed by atoms with Crippen LogP contribution in [0.5, 0.6) is 5.75 Å². The summed E-state index contributed by atoms with van der Waals surface area (Å²) in [5, 5.41) is 9.80. The molecule has 1 heterocycles. The number of alkyl halides is 3. The van der Waals surface area contributed by atoms with Gasteiger partial charge < -0.3 is 10.1 Å². The molecular formula is C22H22F3N3O. The van der Waals surface area contributed by atoms with Crippen LogP contribution in [-0.2, 0) is 6.18 Å². The molecule has 1 aliphatic carbocycles. The van der Waals surface area contributed by atoms with Gasteiger partial charge in [0.25, 0.3) is 0 Å². The van der Waals surface area contributed by atoms with E-state index in [0.717, 1.165) is 24.7 Å². The van der Waals surface area contributed by atoms with E-state index in [9.17, 15) is 13.2 Å². The van der Waals surface area contributed by atoms with Gasteiger partial charge in [-0.3, -0.25) is 5.10 Å². The Bertz CT molecular complexity index is 917. The maximum atomic E-state index is 13.6. The molecule has 4 rings (SSSR count). The molecule has 1 atom stereocenters. The molecule has 29 heavy (non-hydrogen) atoms. The molecule has 152 valence electrons. The van der Waals surface area contributed by atoms with Crippen molar-refractivity contribution in [1.29, 1.82) is 0 Å². The highest BCUT2D eigenvalue weighted by atomic mass is 19.4. The number of halogens is 3. The van der Waals surface area contributed by atoms with Gasteiger partial charge in [0.2, 0.25) is 0 Å². The zero-order chi connectivity index (χ0) is 20.3. The lowest BCUT2D eigenvalue weighted by atomic mass is 9.95. The second-order valence-electron chi connectivity index (χ2n) is 7.24. The van der Waals surface area contributed by atoms with Crippen molar-refractivity contribution in [3.8, 4) is 5.75 Å². The standard InChI is InChI=1S/C22H22F3N3O/c23-22(24,25)20-8-4-3-7-19(20)21(15-13-26-27-14-15)28-16-9-11-18(12-10-16)29-17-5-1-2-6-17/h3-4,7-14,17,21,28H,1-2,5-6H2,(H,26,27).